The van der Waals surface area contributed by atoms with Crippen LogP contribution in [0.5, 0.6) is 0 Å². The van der Waals surface area contributed by atoms with Gasteiger partial charge in [0.2, 0.25) is 0 Å². The van der Waals surface area contributed by atoms with Crippen LogP contribution in [0.4, 0.5) is 0 Å². The maximum atomic E-state index is 3.49. The summed E-state index contributed by atoms with van der Waals surface area (Å²) in [5, 5.41) is 3.47. The molecule has 0 amide bonds. The second-order valence-electron chi connectivity index (χ2n) is 5.48. The number of likely N-dealkylation sites (N-methyl/N-ethyl adjacent to an activating group) is 1. The van der Waals surface area contributed by atoms with Crippen LogP contribution in [0.15, 0.2) is 40.9 Å². The fourth-order valence-electron chi connectivity index (χ4n) is 2.95. The van der Waals surface area contributed by atoms with Gasteiger partial charge in [-0.1, -0.05) is 45.8 Å². The summed E-state index contributed by atoms with van der Waals surface area (Å²) in [7, 11) is 2.04. The Kier molecular flexibility index (Phi) is 5.00. The van der Waals surface area contributed by atoms with Gasteiger partial charge >= 0.3 is 0 Å². The second-order valence-corrected chi connectivity index (χ2v) is 6.40. The van der Waals surface area contributed by atoms with Crippen molar-refractivity contribution in [2.75, 3.05) is 7.05 Å². The minimum absolute atomic E-state index is 0.358. The number of nitrogens with one attached hydrogen (secondary N) is 1. The molecule has 1 atom stereocenters. The molecule has 0 aliphatic rings. The van der Waals surface area contributed by atoms with Crippen LogP contribution < -0.4 is 5.32 Å². The van der Waals surface area contributed by atoms with Crippen molar-refractivity contribution >= 4 is 15.9 Å². The lowest BCUT2D eigenvalue weighted by atomic mass is 9.90. The van der Waals surface area contributed by atoms with Crippen LogP contribution in [0.25, 0.3) is 0 Å². The molecular weight excluding hydrogens is 310 g/mol. The van der Waals surface area contributed by atoms with E-state index in [-0.39, 0.29) is 0 Å². The highest BCUT2D eigenvalue weighted by atomic mass is 79.9. The minimum atomic E-state index is 0.358. The number of hydrogen-bond donors (Lipinski definition) is 1. The van der Waals surface area contributed by atoms with E-state index in [0.29, 0.717) is 6.04 Å². The Balaban J connectivity index is 2.31. The summed E-state index contributed by atoms with van der Waals surface area (Å²) in [6.07, 6.45) is 1.01. The van der Waals surface area contributed by atoms with Crippen LogP contribution in [-0.4, -0.2) is 7.05 Å². The maximum absolute atomic E-state index is 3.49. The molecule has 0 saturated heterocycles. The van der Waals surface area contributed by atoms with E-state index in [9.17, 15) is 0 Å². The summed E-state index contributed by atoms with van der Waals surface area (Å²) in [5.41, 5.74) is 6.87. The average Bonchev–Trinajstić information content (AvgIpc) is 2.38. The van der Waals surface area contributed by atoms with E-state index in [1.165, 1.54) is 27.8 Å². The molecule has 0 spiro atoms. The smallest absolute Gasteiger partial charge is 0.0363 e. The van der Waals surface area contributed by atoms with E-state index in [2.05, 4.69) is 78.4 Å². The molecule has 2 heteroatoms. The molecule has 0 bridgehead atoms. The zero-order valence-corrected chi connectivity index (χ0v) is 14.2. The molecule has 1 unspecified atom stereocenters. The van der Waals surface area contributed by atoms with Gasteiger partial charge in [-0.3, -0.25) is 0 Å². The zero-order chi connectivity index (χ0) is 14.7. The first kappa shape index (κ1) is 15.3. The van der Waals surface area contributed by atoms with E-state index in [1.807, 2.05) is 7.05 Å². The zero-order valence-electron chi connectivity index (χ0n) is 12.6. The molecule has 0 heterocycles. The van der Waals surface area contributed by atoms with E-state index in [0.717, 1.165) is 10.9 Å². The van der Waals surface area contributed by atoms with Gasteiger partial charge in [-0.25, -0.2) is 0 Å². The second kappa shape index (κ2) is 6.55. The highest BCUT2D eigenvalue weighted by Gasteiger charge is 2.15. The van der Waals surface area contributed by atoms with Crippen LogP contribution in [0.2, 0.25) is 0 Å². The maximum Gasteiger partial charge on any atom is 0.0363 e. The van der Waals surface area contributed by atoms with Crippen LogP contribution in [0.3, 0.4) is 0 Å². The van der Waals surface area contributed by atoms with E-state index < -0.39 is 0 Å². The van der Waals surface area contributed by atoms with Crippen LogP contribution in [-0.2, 0) is 6.42 Å². The number of rotatable bonds is 4. The van der Waals surface area contributed by atoms with Crippen molar-refractivity contribution in [2.24, 2.45) is 0 Å². The number of benzene rings is 2. The fourth-order valence-corrected chi connectivity index (χ4v) is 3.21. The Morgan fingerprint density at radius 1 is 1.00 bits per heavy atom. The van der Waals surface area contributed by atoms with Crippen LogP contribution in [0, 0.1) is 20.8 Å². The third-order valence-electron chi connectivity index (χ3n) is 3.79. The summed E-state index contributed by atoms with van der Waals surface area (Å²) in [5.74, 6) is 0. The van der Waals surface area contributed by atoms with Gasteiger partial charge in [0.1, 0.15) is 0 Å². The summed E-state index contributed by atoms with van der Waals surface area (Å²) < 4.78 is 1.13. The molecule has 0 radical (unpaired) electrons. The van der Waals surface area contributed by atoms with Crippen molar-refractivity contribution < 1.29 is 0 Å². The van der Waals surface area contributed by atoms with Gasteiger partial charge in [0.15, 0.2) is 0 Å². The minimum Gasteiger partial charge on any atom is -0.313 e. The fraction of sp³-hybridized carbons (Fsp3) is 0.333. The van der Waals surface area contributed by atoms with Crippen LogP contribution in [0.1, 0.15) is 33.9 Å². The number of halogens is 1. The highest BCUT2D eigenvalue weighted by molar-refractivity contribution is 9.10. The molecule has 0 saturated carbocycles. The predicted octanol–water partition coefficient (Wildman–Crippen LogP) is 4.88. The molecule has 0 aromatic heterocycles. The molecular formula is C18H22BrN. The summed E-state index contributed by atoms with van der Waals surface area (Å²) in [6.45, 7) is 6.58. The molecule has 2 aromatic carbocycles. The van der Waals surface area contributed by atoms with Gasteiger partial charge in [0.25, 0.3) is 0 Å². The van der Waals surface area contributed by atoms with Crippen molar-refractivity contribution in [3.05, 3.63) is 68.7 Å². The third kappa shape index (κ3) is 3.50. The van der Waals surface area contributed by atoms with E-state index in [4.69, 9.17) is 0 Å². The standard InChI is InChI=1S/C18H22BrN/c1-12-9-13(2)18(14(3)10-12)17(20-4)11-15-5-7-16(19)8-6-15/h5-10,17,20H,11H2,1-4H3. The molecule has 1 N–H and O–H groups in total. The van der Waals surface area contributed by atoms with Crippen molar-refractivity contribution in [2.45, 2.75) is 33.2 Å². The lowest BCUT2D eigenvalue weighted by molar-refractivity contribution is 0.585. The molecule has 106 valence electrons. The lowest BCUT2D eigenvalue weighted by Crippen LogP contribution is -2.21. The third-order valence-corrected chi connectivity index (χ3v) is 4.32. The Morgan fingerprint density at radius 2 is 1.55 bits per heavy atom. The first-order chi connectivity index (χ1) is 9.51. The first-order valence-electron chi connectivity index (χ1n) is 7.00. The average molecular weight is 332 g/mol. The molecule has 2 aromatic rings. The van der Waals surface area contributed by atoms with E-state index in [1.54, 1.807) is 0 Å². The van der Waals surface area contributed by atoms with Crippen molar-refractivity contribution in [1.82, 2.24) is 5.32 Å². The summed E-state index contributed by atoms with van der Waals surface area (Å²) >= 11 is 3.49. The normalized spacial score (nSPS) is 12.4. The largest absolute Gasteiger partial charge is 0.313 e. The van der Waals surface area contributed by atoms with E-state index >= 15 is 0 Å². The topological polar surface area (TPSA) is 12.0 Å². The quantitative estimate of drug-likeness (QED) is 0.842. The predicted molar refractivity (Wildman–Crippen MR) is 90.3 cm³/mol. The van der Waals surface area contributed by atoms with Crippen molar-refractivity contribution in [1.29, 1.82) is 0 Å². The Labute approximate surface area is 130 Å². The summed E-state index contributed by atoms with van der Waals surface area (Å²) in [6, 6.07) is 13.5. The molecule has 0 aliphatic heterocycles. The summed E-state index contributed by atoms with van der Waals surface area (Å²) in [4.78, 5) is 0. The Morgan fingerprint density at radius 3 is 2.05 bits per heavy atom. The van der Waals surface area contributed by atoms with Crippen LogP contribution >= 0.6 is 15.9 Å². The highest BCUT2D eigenvalue weighted by Crippen LogP contribution is 2.26. The van der Waals surface area contributed by atoms with Gasteiger partial charge in [-0.05, 0) is 68.6 Å². The number of hydrogen-bond acceptors (Lipinski definition) is 1. The van der Waals surface area contributed by atoms with Gasteiger partial charge in [0, 0.05) is 10.5 Å². The van der Waals surface area contributed by atoms with Gasteiger partial charge in [0.05, 0.1) is 0 Å². The van der Waals surface area contributed by atoms with Gasteiger partial charge < -0.3 is 5.32 Å². The number of aryl methyl sites for hydroxylation is 3. The molecule has 2 rings (SSSR count). The molecule has 0 fully saturated rings. The van der Waals surface area contributed by atoms with Gasteiger partial charge in [-0.2, -0.15) is 0 Å². The molecule has 20 heavy (non-hydrogen) atoms. The first-order valence-corrected chi connectivity index (χ1v) is 7.80. The Bertz CT molecular complexity index is 564. The van der Waals surface area contributed by atoms with Gasteiger partial charge in [-0.15, -0.1) is 0 Å². The lowest BCUT2D eigenvalue weighted by Gasteiger charge is -2.22. The van der Waals surface area contributed by atoms with Crippen molar-refractivity contribution in [3.8, 4) is 0 Å². The molecule has 0 aliphatic carbocycles. The Hall–Kier alpha value is -1.12. The SMILES string of the molecule is CNC(Cc1ccc(Br)cc1)c1c(C)cc(C)cc1C. The van der Waals surface area contributed by atoms with Crippen molar-refractivity contribution in [3.63, 3.8) is 0 Å². The monoisotopic (exact) mass is 331 g/mol. The molecule has 1 nitrogen and oxygen atoms in total.